The third kappa shape index (κ3) is 2.59. The van der Waals surface area contributed by atoms with Gasteiger partial charge >= 0.3 is 0 Å². The number of halogens is 1. The minimum absolute atomic E-state index is 0.0228. The topological polar surface area (TPSA) is 38.3 Å². The van der Waals surface area contributed by atoms with E-state index in [0.29, 0.717) is 13.2 Å². The molecule has 4 heteroatoms. The normalized spacial score (nSPS) is 18.7. The van der Waals surface area contributed by atoms with Crippen molar-refractivity contribution in [2.24, 2.45) is 0 Å². The van der Waals surface area contributed by atoms with Gasteiger partial charge in [-0.2, -0.15) is 0 Å². The fraction of sp³-hybridized carbons (Fsp3) is 0.357. The monoisotopic (exact) mass is 249 g/mol. The highest BCUT2D eigenvalue weighted by atomic mass is 19.1. The number of carbonyl (C=O) groups is 1. The molecule has 96 valence electrons. The summed E-state index contributed by atoms with van der Waals surface area (Å²) in [4.78, 5) is 12.0. The van der Waals surface area contributed by atoms with Crippen LogP contribution in [0.5, 0.6) is 0 Å². The molecule has 0 aromatic heterocycles. The van der Waals surface area contributed by atoms with Crippen LogP contribution in [0.3, 0.4) is 0 Å². The predicted molar refractivity (Wildman–Crippen MR) is 67.9 cm³/mol. The van der Waals surface area contributed by atoms with E-state index in [9.17, 15) is 9.18 Å². The molecule has 0 aliphatic carbocycles. The molecule has 1 aliphatic rings. The van der Waals surface area contributed by atoms with Gasteiger partial charge in [0.2, 0.25) is 0 Å². The van der Waals surface area contributed by atoms with Gasteiger partial charge in [-0.1, -0.05) is 12.7 Å². The van der Waals surface area contributed by atoms with Crippen molar-refractivity contribution in [2.45, 2.75) is 19.4 Å². The van der Waals surface area contributed by atoms with E-state index in [1.165, 1.54) is 12.1 Å². The number of aryl methyl sites for hydroxylation is 1. The van der Waals surface area contributed by atoms with Crippen LogP contribution in [-0.2, 0) is 4.74 Å². The standard InChI is InChI=1S/C14H16FNO2/c1-3-10-7-12(13(15)6-9(10)2)14(17)16-11-4-5-18-8-11/h3,6-7,11H,1,4-5,8H2,2H3,(H,16,17). The second-order valence-electron chi connectivity index (χ2n) is 4.43. The molecule has 3 nitrogen and oxygen atoms in total. The molecule has 0 saturated carbocycles. The van der Waals surface area contributed by atoms with Crippen LogP contribution in [0.15, 0.2) is 18.7 Å². The Bertz CT molecular complexity index is 479. The van der Waals surface area contributed by atoms with Crippen molar-refractivity contribution in [3.8, 4) is 0 Å². The summed E-state index contributed by atoms with van der Waals surface area (Å²) in [5, 5.41) is 2.77. The summed E-state index contributed by atoms with van der Waals surface area (Å²) in [5.41, 5.74) is 1.59. The largest absolute Gasteiger partial charge is 0.379 e. The van der Waals surface area contributed by atoms with Crippen molar-refractivity contribution in [1.82, 2.24) is 5.32 Å². The second kappa shape index (κ2) is 5.31. The Morgan fingerprint density at radius 1 is 1.61 bits per heavy atom. The first kappa shape index (κ1) is 12.8. The van der Waals surface area contributed by atoms with Gasteiger partial charge in [-0.15, -0.1) is 0 Å². The van der Waals surface area contributed by atoms with E-state index in [4.69, 9.17) is 4.74 Å². The molecule has 0 spiro atoms. The number of rotatable bonds is 3. The Balaban J connectivity index is 2.20. The van der Waals surface area contributed by atoms with Gasteiger partial charge in [0.1, 0.15) is 5.82 Å². The maximum Gasteiger partial charge on any atom is 0.254 e. The molecule has 1 atom stereocenters. The molecule has 1 aliphatic heterocycles. The summed E-state index contributed by atoms with van der Waals surface area (Å²) >= 11 is 0. The van der Waals surface area contributed by atoms with Crippen LogP contribution < -0.4 is 5.32 Å². The Morgan fingerprint density at radius 2 is 2.39 bits per heavy atom. The first-order valence-electron chi connectivity index (χ1n) is 5.93. The molecular weight excluding hydrogens is 233 g/mol. The van der Waals surface area contributed by atoms with Crippen LogP contribution in [0.4, 0.5) is 4.39 Å². The summed E-state index contributed by atoms with van der Waals surface area (Å²) in [6.07, 6.45) is 2.39. The van der Waals surface area contributed by atoms with Crippen LogP contribution >= 0.6 is 0 Å². The molecule has 0 radical (unpaired) electrons. The van der Waals surface area contributed by atoms with Gasteiger partial charge in [0.05, 0.1) is 18.2 Å². The molecule has 1 heterocycles. The Labute approximate surface area is 106 Å². The van der Waals surface area contributed by atoms with Crippen LogP contribution in [0.2, 0.25) is 0 Å². The second-order valence-corrected chi connectivity index (χ2v) is 4.43. The number of hydrogen-bond acceptors (Lipinski definition) is 2. The van der Waals surface area contributed by atoms with Gasteiger partial charge in [-0.05, 0) is 36.6 Å². The molecule has 18 heavy (non-hydrogen) atoms. The van der Waals surface area contributed by atoms with Crippen molar-refractivity contribution in [1.29, 1.82) is 0 Å². The number of benzene rings is 1. The van der Waals surface area contributed by atoms with Crippen LogP contribution in [0, 0.1) is 12.7 Å². The fourth-order valence-electron chi connectivity index (χ4n) is 1.99. The zero-order valence-corrected chi connectivity index (χ0v) is 10.3. The number of hydrogen-bond donors (Lipinski definition) is 1. The third-order valence-corrected chi connectivity index (χ3v) is 3.09. The van der Waals surface area contributed by atoms with E-state index in [-0.39, 0.29) is 11.6 Å². The van der Waals surface area contributed by atoms with Gasteiger partial charge in [0.15, 0.2) is 0 Å². The minimum Gasteiger partial charge on any atom is -0.379 e. The van der Waals surface area contributed by atoms with E-state index >= 15 is 0 Å². The number of nitrogens with one attached hydrogen (secondary N) is 1. The summed E-state index contributed by atoms with van der Waals surface area (Å²) in [5.74, 6) is -0.902. The number of ether oxygens (including phenoxy) is 1. The summed E-state index contributed by atoms with van der Waals surface area (Å²) in [7, 11) is 0. The van der Waals surface area contributed by atoms with Crippen molar-refractivity contribution >= 4 is 12.0 Å². The van der Waals surface area contributed by atoms with Crippen molar-refractivity contribution < 1.29 is 13.9 Å². The quantitative estimate of drug-likeness (QED) is 0.892. The van der Waals surface area contributed by atoms with E-state index in [0.717, 1.165) is 17.5 Å². The predicted octanol–water partition coefficient (Wildman–Crippen LogP) is 2.30. The zero-order valence-electron chi connectivity index (χ0n) is 10.3. The van der Waals surface area contributed by atoms with E-state index < -0.39 is 11.7 Å². The van der Waals surface area contributed by atoms with Crippen molar-refractivity contribution in [2.75, 3.05) is 13.2 Å². The lowest BCUT2D eigenvalue weighted by atomic mass is 10.0. The summed E-state index contributed by atoms with van der Waals surface area (Å²) in [6, 6.07) is 2.87. The Kier molecular flexibility index (Phi) is 3.77. The molecule has 1 unspecified atom stereocenters. The van der Waals surface area contributed by atoms with Crippen LogP contribution in [-0.4, -0.2) is 25.2 Å². The SMILES string of the molecule is C=Cc1cc(C(=O)NC2CCOC2)c(F)cc1C. The lowest BCUT2D eigenvalue weighted by molar-refractivity contribution is 0.0926. The molecular formula is C14H16FNO2. The molecule has 1 fully saturated rings. The molecule has 1 N–H and O–H groups in total. The zero-order chi connectivity index (χ0) is 13.1. The highest BCUT2D eigenvalue weighted by Gasteiger charge is 2.20. The van der Waals surface area contributed by atoms with E-state index in [1.54, 1.807) is 13.0 Å². The van der Waals surface area contributed by atoms with Crippen molar-refractivity contribution in [3.05, 3.63) is 41.2 Å². The molecule has 1 amide bonds. The van der Waals surface area contributed by atoms with E-state index in [2.05, 4.69) is 11.9 Å². The smallest absolute Gasteiger partial charge is 0.254 e. The van der Waals surface area contributed by atoms with Crippen LogP contribution in [0.1, 0.15) is 27.9 Å². The van der Waals surface area contributed by atoms with Gasteiger partial charge in [0.25, 0.3) is 5.91 Å². The molecule has 2 rings (SSSR count). The van der Waals surface area contributed by atoms with Crippen molar-refractivity contribution in [3.63, 3.8) is 0 Å². The maximum atomic E-state index is 13.8. The van der Waals surface area contributed by atoms with Gasteiger partial charge < -0.3 is 10.1 Å². The average molecular weight is 249 g/mol. The lowest BCUT2D eigenvalue weighted by Gasteiger charge is -2.12. The highest BCUT2D eigenvalue weighted by Crippen LogP contribution is 2.17. The molecule has 1 aromatic carbocycles. The highest BCUT2D eigenvalue weighted by molar-refractivity contribution is 5.95. The Hall–Kier alpha value is -1.68. The first-order valence-corrected chi connectivity index (χ1v) is 5.93. The van der Waals surface area contributed by atoms with Gasteiger partial charge in [-0.3, -0.25) is 4.79 Å². The minimum atomic E-state index is -0.505. The first-order chi connectivity index (χ1) is 8.61. The summed E-state index contributed by atoms with van der Waals surface area (Å²) < 4.78 is 18.9. The Morgan fingerprint density at radius 3 is 3.00 bits per heavy atom. The molecule has 1 aromatic rings. The number of amides is 1. The van der Waals surface area contributed by atoms with E-state index in [1.807, 2.05) is 0 Å². The fourth-order valence-corrected chi connectivity index (χ4v) is 1.99. The van der Waals surface area contributed by atoms with Gasteiger partial charge in [-0.25, -0.2) is 4.39 Å². The molecule has 1 saturated heterocycles. The average Bonchev–Trinajstić information content (AvgIpc) is 2.81. The third-order valence-electron chi connectivity index (χ3n) is 3.09. The lowest BCUT2D eigenvalue weighted by Crippen LogP contribution is -2.35. The summed E-state index contributed by atoms with van der Waals surface area (Å²) in [6.45, 7) is 6.57. The van der Waals surface area contributed by atoms with Crippen LogP contribution in [0.25, 0.3) is 6.08 Å². The maximum absolute atomic E-state index is 13.8. The molecule has 0 bridgehead atoms. The number of carbonyl (C=O) groups excluding carboxylic acids is 1. The van der Waals surface area contributed by atoms with Gasteiger partial charge in [0, 0.05) is 6.61 Å².